The van der Waals surface area contributed by atoms with Crippen molar-refractivity contribution in [3.63, 3.8) is 0 Å². The highest BCUT2D eigenvalue weighted by atomic mass is 31.3. The number of benzene rings is 1. The van der Waals surface area contributed by atoms with Crippen molar-refractivity contribution in [2.75, 3.05) is 6.61 Å². The van der Waals surface area contributed by atoms with Gasteiger partial charge >= 0.3 is 21.3 Å². The van der Waals surface area contributed by atoms with Crippen molar-refractivity contribution in [2.45, 2.75) is 31.1 Å². The molecule has 3 aromatic rings. The van der Waals surface area contributed by atoms with E-state index in [1.807, 2.05) is 0 Å². The number of phosphoric ester groups is 1. The van der Waals surface area contributed by atoms with Crippen LogP contribution in [0.25, 0.3) is 11.1 Å². The third-order valence-electron chi connectivity index (χ3n) is 5.64. The zero-order valence-corrected chi connectivity index (χ0v) is 21.4. The Kier molecular flexibility index (Phi) is 8.44. The van der Waals surface area contributed by atoms with Gasteiger partial charge in [-0.2, -0.15) is 4.31 Å². The molecule has 210 valence electrons. The van der Waals surface area contributed by atoms with Gasteiger partial charge in [0, 0.05) is 24.0 Å². The number of ether oxygens (including phenoxy) is 1. The second-order valence-electron chi connectivity index (χ2n) is 8.33. The van der Waals surface area contributed by atoms with Crippen LogP contribution in [0.5, 0.6) is 0 Å². The summed E-state index contributed by atoms with van der Waals surface area (Å²) in [6.07, 6.45) is -4.32. The van der Waals surface area contributed by atoms with Gasteiger partial charge in [-0.05, 0) is 23.8 Å². The van der Waals surface area contributed by atoms with Gasteiger partial charge in [0.15, 0.2) is 6.23 Å². The predicted molar refractivity (Wildman–Crippen MR) is 129 cm³/mol. The van der Waals surface area contributed by atoms with Gasteiger partial charge in [-0.15, -0.1) is 0 Å². The van der Waals surface area contributed by atoms with Crippen LogP contribution in [0, 0.1) is 5.82 Å². The Labute approximate surface area is 218 Å². The highest BCUT2D eigenvalue weighted by molar-refractivity contribution is 7.60. The fourth-order valence-electron chi connectivity index (χ4n) is 3.88. The molecule has 0 saturated carbocycles. The highest BCUT2D eigenvalue weighted by Gasteiger charge is 2.46. The van der Waals surface area contributed by atoms with Crippen LogP contribution >= 0.6 is 15.6 Å². The molecular weight excluding hydrogens is 567 g/mol. The van der Waals surface area contributed by atoms with E-state index < -0.39 is 63.9 Å². The molecule has 1 fully saturated rings. The Morgan fingerprint density at radius 3 is 2.46 bits per heavy atom. The molecule has 3 unspecified atom stereocenters. The maximum Gasteiger partial charge on any atom is 0.481 e. The summed E-state index contributed by atoms with van der Waals surface area (Å²) in [5.74, 6) is -0.482. The number of aliphatic hydroxyl groups is 2. The number of hydrogen-bond acceptors (Lipinski definition) is 10. The Balaban J connectivity index is 1.56. The van der Waals surface area contributed by atoms with Gasteiger partial charge in [-0.3, -0.25) is 23.4 Å². The lowest BCUT2D eigenvalue weighted by atomic mass is 10.1. The summed E-state index contributed by atoms with van der Waals surface area (Å²) in [4.78, 5) is 56.5. The van der Waals surface area contributed by atoms with Gasteiger partial charge in [0.1, 0.15) is 24.1 Å². The molecule has 5 N–H and O–H groups in total. The van der Waals surface area contributed by atoms with E-state index in [9.17, 15) is 38.2 Å². The predicted octanol–water partition coefficient (Wildman–Crippen LogP) is 0.105. The lowest BCUT2D eigenvalue weighted by Crippen LogP contribution is -2.43. The first-order chi connectivity index (χ1) is 18.3. The molecule has 39 heavy (non-hydrogen) atoms. The van der Waals surface area contributed by atoms with Crippen molar-refractivity contribution in [2.24, 2.45) is 0 Å². The molecule has 15 nitrogen and oxygen atoms in total. The average molecular weight is 589 g/mol. The van der Waals surface area contributed by atoms with Crippen molar-refractivity contribution < 1.29 is 52.0 Å². The molecule has 1 aromatic carbocycles. The van der Waals surface area contributed by atoms with Gasteiger partial charge in [0.05, 0.1) is 18.8 Å². The summed E-state index contributed by atoms with van der Waals surface area (Å²) in [5, 5.41) is 20.7. The lowest BCUT2D eigenvalue weighted by Gasteiger charge is -2.19. The maximum absolute atomic E-state index is 14.2. The first-order valence-corrected chi connectivity index (χ1v) is 14.1. The second-order valence-corrected chi connectivity index (χ2v) is 11.2. The molecule has 1 aliphatic heterocycles. The summed E-state index contributed by atoms with van der Waals surface area (Å²) >= 11 is 0. The molecule has 5 atom stereocenters. The van der Waals surface area contributed by atoms with Crippen LogP contribution in [0.3, 0.4) is 0 Å². The number of pyridine rings is 1. The normalized spacial score (nSPS) is 23.0. The molecular formula is C21H22FN3O12P2. The first kappa shape index (κ1) is 29.1. The molecule has 0 aliphatic carbocycles. The Hall–Kier alpha value is -2.88. The second kappa shape index (κ2) is 11.3. The fraction of sp³-hybridized carbons (Fsp3) is 0.286. The van der Waals surface area contributed by atoms with Crippen molar-refractivity contribution in [1.29, 1.82) is 0 Å². The van der Waals surface area contributed by atoms with Crippen LogP contribution < -0.4 is 11.2 Å². The van der Waals surface area contributed by atoms with Crippen LogP contribution in [0.4, 0.5) is 4.39 Å². The minimum atomic E-state index is -5.40. The quantitative estimate of drug-likeness (QED) is 0.209. The van der Waals surface area contributed by atoms with E-state index in [1.165, 1.54) is 24.4 Å². The summed E-state index contributed by atoms with van der Waals surface area (Å²) < 4.78 is 51.7. The third-order valence-corrected chi connectivity index (χ3v) is 7.79. The number of phosphoric acid groups is 2. The van der Waals surface area contributed by atoms with E-state index in [0.29, 0.717) is 5.56 Å². The molecule has 0 amide bonds. The van der Waals surface area contributed by atoms with Crippen LogP contribution in [0.2, 0.25) is 0 Å². The molecule has 1 aliphatic rings. The zero-order valence-electron chi connectivity index (χ0n) is 19.6. The maximum atomic E-state index is 14.2. The summed E-state index contributed by atoms with van der Waals surface area (Å²) in [7, 11) is -10.7. The number of rotatable bonds is 9. The smallest absolute Gasteiger partial charge is 0.387 e. The van der Waals surface area contributed by atoms with Gasteiger partial charge in [-0.1, -0.05) is 18.2 Å². The zero-order chi connectivity index (χ0) is 28.5. The molecule has 0 spiro atoms. The summed E-state index contributed by atoms with van der Waals surface area (Å²) in [6, 6.07) is 10.0. The number of aliphatic hydroxyl groups excluding tert-OH is 2. The molecule has 2 aromatic heterocycles. The molecule has 0 radical (unpaired) electrons. The molecule has 0 bridgehead atoms. The van der Waals surface area contributed by atoms with E-state index >= 15 is 0 Å². The van der Waals surface area contributed by atoms with Crippen molar-refractivity contribution >= 4 is 15.6 Å². The van der Waals surface area contributed by atoms with Gasteiger partial charge in [0.25, 0.3) is 5.56 Å². The first-order valence-electron chi connectivity index (χ1n) is 11.0. The van der Waals surface area contributed by atoms with Gasteiger partial charge in [-0.25, -0.2) is 18.3 Å². The fourth-order valence-corrected chi connectivity index (χ4v) is 5.48. The van der Waals surface area contributed by atoms with Crippen LogP contribution in [-0.4, -0.2) is 63.9 Å². The van der Waals surface area contributed by atoms with E-state index in [0.717, 1.165) is 21.4 Å². The Morgan fingerprint density at radius 1 is 1.05 bits per heavy atom. The third kappa shape index (κ3) is 6.83. The molecule has 1 saturated heterocycles. The van der Waals surface area contributed by atoms with E-state index in [2.05, 4.69) is 13.8 Å². The largest absolute Gasteiger partial charge is 0.481 e. The SMILES string of the molecule is O=c1ccn([C@@H]2O[C@H](COP(=O)(O)OP(=O)(O)O)C(O)C2O)c(=O)n1Cc1cc(-c2ccccc2F)ccn1. The number of nitrogens with zero attached hydrogens (tertiary/aromatic N) is 3. The molecule has 3 heterocycles. The number of aromatic nitrogens is 3. The van der Waals surface area contributed by atoms with Crippen LogP contribution in [0.15, 0.2) is 64.4 Å². The Morgan fingerprint density at radius 2 is 1.77 bits per heavy atom. The number of halogens is 1. The Bertz CT molecular complexity index is 1570. The van der Waals surface area contributed by atoms with Crippen LogP contribution in [-0.2, 0) is 29.2 Å². The average Bonchev–Trinajstić information content (AvgIpc) is 3.13. The summed E-state index contributed by atoms with van der Waals surface area (Å²) in [6.45, 7) is -1.31. The number of hydrogen-bond donors (Lipinski definition) is 5. The van der Waals surface area contributed by atoms with E-state index in [1.54, 1.807) is 18.2 Å². The topological polar surface area (TPSA) is 220 Å². The van der Waals surface area contributed by atoms with Gasteiger partial charge < -0.3 is 29.6 Å². The lowest BCUT2D eigenvalue weighted by molar-refractivity contribution is -0.0547. The minimum Gasteiger partial charge on any atom is -0.387 e. The van der Waals surface area contributed by atoms with Crippen molar-refractivity contribution in [3.8, 4) is 11.1 Å². The monoisotopic (exact) mass is 589 g/mol. The van der Waals surface area contributed by atoms with E-state index in [-0.39, 0.29) is 17.8 Å². The van der Waals surface area contributed by atoms with E-state index in [4.69, 9.17) is 14.5 Å². The van der Waals surface area contributed by atoms with Gasteiger partial charge in [0.2, 0.25) is 0 Å². The van der Waals surface area contributed by atoms with Crippen LogP contribution in [0.1, 0.15) is 11.9 Å². The minimum absolute atomic E-state index is 0.232. The van der Waals surface area contributed by atoms with Crippen molar-refractivity contribution in [1.82, 2.24) is 14.1 Å². The molecule has 18 heteroatoms. The standard InChI is InChI=1S/C21H22FN3O12P2/c22-15-4-2-1-3-14(15)12-5-7-23-13(9-12)10-25-17(26)6-8-24(21(25)29)20-19(28)18(27)16(36-20)11-35-39(33,34)37-38(30,31)32/h1-9,16,18-20,27-28H,10-11H2,(H,33,34)(H2,30,31,32)/t16-,18?,19?,20-/m1/s1. The van der Waals surface area contributed by atoms with Crippen molar-refractivity contribution in [3.05, 3.63) is 87.2 Å². The molecule has 4 rings (SSSR count). The highest BCUT2D eigenvalue weighted by Crippen LogP contribution is 2.57. The summed E-state index contributed by atoms with van der Waals surface area (Å²) in [5.41, 5.74) is -0.751.